The number of rotatable bonds is 5. The minimum Gasteiger partial charge on any atom is -0.388 e. The first-order chi connectivity index (χ1) is 9.95. The van der Waals surface area contributed by atoms with Crippen molar-refractivity contribution in [1.82, 2.24) is 25.0 Å². The topological polar surface area (TPSA) is 76.7 Å². The molecular formula is C11H12F3N5OS. The Labute approximate surface area is 122 Å². The Bertz CT molecular complexity index is 599. The Hall–Kier alpha value is -1.68. The third-order valence-electron chi connectivity index (χ3n) is 2.51. The lowest BCUT2D eigenvalue weighted by Crippen LogP contribution is -2.09. The van der Waals surface area contributed by atoms with Crippen molar-refractivity contribution in [1.29, 1.82) is 0 Å². The predicted octanol–water partition coefficient (Wildman–Crippen LogP) is 2.14. The van der Waals surface area contributed by atoms with Crippen molar-refractivity contribution < 1.29 is 18.3 Å². The van der Waals surface area contributed by atoms with Gasteiger partial charge in [0.1, 0.15) is 11.6 Å². The fourth-order valence-corrected chi connectivity index (χ4v) is 2.37. The fourth-order valence-electron chi connectivity index (χ4n) is 1.58. The summed E-state index contributed by atoms with van der Waals surface area (Å²) in [6.07, 6.45) is -3.71. The highest BCUT2D eigenvalue weighted by molar-refractivity contribution is 7.99. The molecule has 2 aromatic heterocycles. The first-order valence-corrected chi connectivity index (χ1v) is 6.89. The molecule has 0 radical (unpaired) electrons. The van der Waals surface area contributed by atoms with Crippen LogP contribution in [-0.2, 0) is 19.3 Å². The van der Waals surface area contributed by atoms with E-state index in [1.54, 1.807) is 4.57 Å². The Balaban J connectivity index is 2.20. The third kappa shape index (κ3) is 3.70. The SMILES string of the molecule is CCCn1c(CO)nnc1Sc1ccc(C(F)(F)F)nn1. The van der Waals surface area contributed by atoms with Crippen LogP contribution in [-0.4, -0.2) is 30.1 Å². The molecule has 0 spiro atoms. The minimum atomic E-state index is -4.51. The van der Waals surface area contributed by atoms with E-state index >= 15 is 0 Å². The van der Waals surface area contributed by atoms with Crippen molar-refractivity contribution in [3.05, 3.63) is 23.7 Å². The zero-order valence-electron chi connectivity index (χ0n) is 11.0. The Kier molecular flexibility index (Phi) is 4.78. The van der Waals surface area contributed by atoms with Crippen LogP contribution in [0.3, 0.4) is 0 Å². The monoisotopic (exact) mass is 319 g/mol. The molecule has 0 saturated heterocycles. The molecule has 0 unspecified atom stereocenters. The van der Waals surface area contributed by atoms with E-state index in [9.17, 15) is 13.2 Å². The van der Waals surface area contributed by atoms with Crippen LogP contribution in [0.15, 0.2) is 22.3 Å². The molecule has 0 bridgehead atoms. The molecule has 0 aliphatic heterocycles. The quantitative estimate of drug-likeness (QED) is 0.910. The molecule has 10 heteroatoms. The molecule has 0 amide bonds. The largest absolute Gasteiger partial charge is 0.435 e. The number of halogens is 3. The molecule has 0 atom stereocenters. The van der Waals surface area contributed by atoms with Crippen LogP contribution in [0.25, 0.3) is 0 Å². The van der Waals surface area contributed by atoms with Crippen LogP contribution in [0.1, 0.15) is 24.9 Å². The van der Waals surface area contributed by atoms with Gasteiger partial charge in [-0.3, -0.25) is 0 Å². The van der Waals surface area contributed by atoms with E-state index < -0.39 is 11.9 Å². The van der Waals surface area contributed by atoms with Gasteiger partial charge in [-0.25, -0.2) is 0 Å². The van der Waals surface area contributed by atoms with Crippen LogP contribution in [0.5, 0.6) is 0 Å². The van der Waals surface area contributed by atoms with Crippen LogP contribution in [0, 0.1) is 0 Å². The molecule has 2 rings (SSSR count). The molecule has 2 heterocycles. The summed E-state index contributed by atoms with van der Waals surface area (Å²) >= 11 is 1.05. The first-order valence-electron chi connectivity index (χ1n) is 6.07. The van der Waals surface area contributed by atoms with Crippen LogP contribution < -0.4 is 0 Å². The molecule has 0 aliphatic rings. The number of aliphatic hydroxyl groups is 1. The van der Waals surface area contributed by atoms with Crippen molar-refractivity contribution in [3.8, 4) is 0 Å². The van der Waals surface area contributed by atoms with Crippen molar-refractivity contribution in [2.24, 2.45) is 0 Å². The highest BCUT2D eigenvalue weighted by Gasteiger charge is 2.32. The lowest BCUT2D eigenvalue weighted by Gasteiger charge is -2.07. The summed E-state index contributed by atoms with van der Waals surface area (Å²) in [6.45, 7) is 2.29. The van der Waals surface area contributed by atoms with Gasteiger partial charge in [-0.2, -0.15) is 13.2 Å². The zero-order valence-corrected chi connectivity index (χ0v) is 11.8. The summed E-state index contributed by atoms with van der Waals surface area (Å²) in [7, 11) is 0. The molecule has 1 N–H and O–H groups in total. The molecule has 6 nitrogen and oxygen atoms in total. The van der Waals surface area contributed by atoms with E-state index in [-0.39, 0.29) is 11.6 Å². The van der Waals surface area contributed by atoms with Gasteiger partial charge in [0.05, 0.1) is 0 Å². The van der Waals surface area contributed by atoms with Gasteiger partial charge in [0.2, 0.25) is 0 Å². The van der Waals surface area contributed by atoms with Gasteiger partial charge in [0.25, 0.3) is 0 Å². The normalized spacial score (nSPS) is 11.9. The summed E-state index contributed by atoms with van der Waals surface area (Å²) in [5.41, 5.74) is -1.04. The minimum absolute atomic E-state index is 0.258. The summed E-state index contributed by atoms with van der Waals surface area (Å²) < 4.78 is 38.9. The maximum Gasteiger partial charge on any atom is 0.435 e. The van der Waals surface area contributed by atoms with E-state index in [0.717, 1.165) is 24.2 Å². The summed E-state index contributed by atoms with van der Waals surface area (Å²) in [6, 6.07) is 2.09. The van der Waals surface area contributed by atoms with E-state index in [1.165, 1.54) is 6.07 Å². The average Bonchev–Trinajstić information content (AvgIpc) is 2.81. The molecule has 21 heavy (non-hydrogen) atoms. The zero-order chi connectivity index (χ0) is 15.5. The van der Waals surface area contributed by atoms with E-state index in [4.69, 9.17) is 5.11 Å². The van der Waals surface area contributed by atoms with E-state index in [2.05, 4.69) is 20.4 Å². The molecule has 2 aromatic rings. The average molecular weight is 319 g/mol. The van der Waals surface area contributed by atoms with Gasteiger partial charge < -0.3 is 9.67 Å². The van der Waals surface area contributed by atoms with E-state index in [0.29, 0.717) is 17.5 Å². The number of hydrogen-bond donors (Lipinski definition) is 1. The number of hydrogen-bond acceptors (Lipinski definition) is 6. The molecular weight excluding hydrogens is 307 g/mol. The van der Waals surface area contributed by atoms with Gasteiger partial charge in [-0.15, -0.1) is 20.4 Å². The Morgan fingerprint density at radius 3 is 2.48 bits per heavy atom. The summed E-state index contributed by atoms with van der Waals surface area (Å²) in [5, 5.41) is 24.3. The lowest BCUT2D eigenvalue weighted by molar-refractivity contribution is -0.141. The molecule has 0 saturated carbocycles. The predicted molar refractivity (Wildman–Crippen MR) is 67.4 cm³/mol. The van der Waals surface area contributed by atoms with Gasteiger partial charge in [-0.05, 0) is 30.3 Å². The first kappa shape index (κ1) is 15.7. The van der Waals surface area contributed by atoms with E-state index in [1.807, 2.05) is 6.92 Å². The standard InChI is InChI=1S/C11H12F3N5OS/c1-2-5-19-8(6-20)16-18-10(19)21-9-4-3-7(15-17-9)11(12,13)14/h3-4,20H,2,5-6H2,1H3. The van der Waals surface area contributed by atoms with Crippen molar-refractivity contribution in [2.75, 3.05) is 0 Å². The summed E-state index contributed by atoms with van der Waals surface area (Å²) in [4.78, 5) is 0. The molecule has 0 aliphatic carbocycles. The maximum absolute atomic E-state index is 12.4. The molecule has 0 fully saturated rings. The highest BCUT2D eigenvalue weighted by Crippen LogP contribution is 2.29. The highest BCUT2D eigenvalue weighted by atomic mass is 32.2. The number of alkyl halides is 3. The van der Waals surface area contributed by atoms with Gasteiger partial charge in [0.15, 0.2) is 16.7 Å². The van der Waals surface area contributed by atoms with Crippen molar-refractivity contribution >= 4 is 11.8 Å². The Morgan fingerprint density at radius 2 is 1.95 bits per heavy atom. The smallest absolute Gasteiger partial charge is 0.388 e. The second-order valence-electron chi connectivity index (χ2n) is 4.07. The molecule has 0 aromatic carbocycles. The van der Waals surface area contributed by atoms with Gasteiger partial charge >= 0.3 is 6.18 Å². The second-order valence-corrected chi connectivity index (χ2v) is 5.05. The fraction of sp³-hybridized carbons (Fsp3) is 0.455. The molecule has 114 valence electrons. The lowest BCUT2D eigenvalue weighted by atomic mass is 10.4. The second kappa shape index (κ2) is 6.39. The van der Waals surface area contributed by atoms with Gasteiger partial charge in [0, 0.05) is 6.54 Å². The number of aromatic nitrogens is 5. The van der Waals surface area contributed by atoms with Crippen LogP contribution in [0.2, 0.25) is 0 Å². The van der Waals surface area contributed by atoms with Crippen LogP contribution in [0.4, 0.5) is 13.2 Å². The van der Waals surface area contributed by atoms with Crippen molar-refractivity contribution in [3.63, 3.8) is 0 Å². The van der Waals surface area contributed by atoms with Crippen molar-refractivity contribution in [2.45, 2.75) is 42.9 Å². The number of nitrogens with zero attached hydrogens (tertiary/aromatic N) is 5. The Morgan fingerprint density at radius 1 is 1.19 bits per heavy atom. The summed E-state index contributed by atoms with van der Waals surface area (Å²) in [5.74, 6) is 0.402. The maximum atomic E-state index is 12.4. The van der Waals surface area contributed by atoms with Crippen LogP contribution >= 0.6 is 11.8 Å². The third-order valence-corrected chi connectivity index (χ3v) is 3.42. The number of aliphatic hydroxyl groups excluding tert-OH is 1. The van der Waals surface area contributed by atoms with Gasteiger partial charge in [-0.1, -0.05) is 6.92 Å².